The summed E-state index contributed by atoms with van der Waals surface area (Å²) in [6, 6.07) is 3.12. The molecule has 1 aliphatic heterocycles. The van der Waals surface area contributed by atoms with E-state index in [1.807, 2.05) is 0 Å². The predicted molar refractivity (Wildman–Crippen MR) is 79.7 cm³/mol. The van der Waals surface area contributed by atoms with Gasteiger partial charge in [0.2, 0.25) is 0 Å². The van der Waals surface area contributed by atoms with Gasteiger partial charge in [-0.15, -0.1) is 0 Å². The van der Waals surface area contributed by atoms with E-state index < -0.39 is 0 Å². The highest BCUT2D eigenvalue weighted by Gasteiger charge is 2.40. The number of rotatable bonds is 3. The van der Waals surface area contributed by atoms with Gasteiger partial charge in [0, 0.05) is 12.6 Å². The van der Waals surface area contributed by atoms with Gasteiger partial charge in [0.1, 0.15) is 0 Å². The van der Waals surface area contributed by atoms with E-state index in [-0.39, 0.29) is 5.92 Å². The molecule has 2 fully saturated rings. The molecule has 0 aromatic heterocycles. The minimum Gasteiger partial charge on any atom is -0.299 e. The fraction of sp³-hybridized carbons (Fsp3) is 0.941. The van der Waals surface area contributed by atoms with E-state index in [2.05, 4.69) is 38.7 Å². The van der Waals surface area contributed by atoms with Gasteiger partial charge in [-0.3, -0.25) is 4.90 Å². The van der Waals surface area contributed by atoms with Crippen molar-refractivity contribution in [1.82, 2.24) is 4.90 Å². The molecule has 1 heterocycles. The van der Waals surface area contributed by atoms with Crippen molar-refractivity contribution >= 4 is 0 Å². The molecule has 0 bridgehead atoms. The summed E-state index contributed by atoms with van der Waals surface area (Å²) in [5.74, 6) is 1.89. The minimum atomic E-state index is 0.272. The molecule has 0 aromatic carbocycles. The highest BCUT2D eigenvalue weighted by Crippen LogP contribution is 2.44. The van der Waals surface area contributed by atoms with Gasteiger partial charge in [-0.25, -0.2) is 0 Å². The lowest BCUT2D eigenvalue weighted by Gasteiger charge is -2.44. The zero-order chi connectivity index (χ0) is 14.0. The maximum Gasteiger partial charge on any atom is 0.0672 e. The fourth-order valence-electron chi connectivity index (χ4n) is 3.97. The van der Waals surface area contributed by atoms with Crippen LogP contribution >= 0.6 is 0 Å². The Morgan fingerprint density at radius 1 is 1.26 bits per heavy atom. The van der Waals surface area contributed by atoms with Crippen molar-refractivity contribution in [2.75, 3.05) is 13.1 Å². The number of nitrogens with zero attached hydrogens (tertiary/aromatic N) is 2. The van der Waals surface area contributed by atoms with E-state index in [0.29, 0.717) is 11.5 Å². The van der Waals surface area contributed by atoms with Gasteiger partial charge in [-0.2, -0.15) is 5.26 Å². The molecule has 1 saturated heterocycles. The van der Waals surface area contributed by atoms with Crippen molar-refractivity contribution in [2.45, 2.75) is 65.8 Å². The third kappa shape index (κ3) is 3.14. The van der Waals surface area contributed by atoms with Crippen LogP contribution in [0.2, 0.25) is 0 Å². The van der Waals surface area contributed by atoms with Crippen LogP contribution < -0.4 is 0 Å². The van der Waals surface area contributed by atoms with Gasteiger partial charge >= 0.3 is 0 Å². The molecule has 0 amide bonds. The molecule has 2 heteroatoms. The molecule has 0 radical (unpaired) electrons. The van der Waals surface area contributed by atoms with Crippen LogP contribution in [0.3, 0.4) is 0 Å². The van der Waals surface area contributed by atoms with E-state index in [4.69, 9.17) is 0 Å². The second-order valence-corrected chi connectivity index (χ2v) is 7.54. The average molecular weight is 262 g/mol. The van der Waals surface area contributed by atoms with Crippen LogP contribution in [-0.2, 0) is 0 Å². The summed E-state index contributed by atoms with van der Waals surface area (Å²) in [6.07, 6.45) is 6.17. The Labute approximate surface area is 119 Å². The van der Waals surface area contributed by atoms with Crippen LogP contribution in [0.25, 0.3) is 0 Å². The molecule has 4 atom stereocenters. The molecule has 1 saturated carbocycles. The number of hydrogen-bond donors (Lipinski definition) is 0. The van der Waals surface area contributed by atoms with Gasteiger partial charge in [-0.1, -0.05) is 34.1 Å². The van der Waals surface area contributed by atoms with Crippen molar-refractivity contribution in [3.63, 3.8) is 0 Å². The first kappa shape index (κ1) is 14.9. The lowest BCUT2D eigenvalue weighted by molar-refractivity contribution is 0.0621. The van der Waals surface area contributed by atoms with E-state index in [0.717, 1.165) is 18.3 Å². The first-order valence-electron chi connectivity index (χ1n) is 8.11. The lowest BCUT2D eigenvalue weighted by atomic mass is 9.66. The first-order valence-corrected chi connectivity index (χ1v) is 8.11. The second-order valence-electron chi connectivity index (χ2n) is 7.54. The van der Waals surface area contributed by atoms with Gasteiger partial charge in [0.05, 0.1) is 12.0 Å². The molecule has 1 aliphatic carbocycles. The SMILES string of the molecule is CCC(C)(C)C1CCC(C#N)C(N2CCC(C)C2)C1. The van der Waals surface area contributed by atoms with Crippen LogP contribution in [0.5, 0.6) is 0 Å². The maximum atomic E-state index is 9.46. The van der Waals surface area contributed by atoms with Crippen molar-refractivity contribution in [3.8, 4) is 6.07 Å². The van der Waals surface area contributed by atoms with Crippen LogP contribution in [0.15, 0.2) is 0 Å². The molecule has 0 N–H and O–H groups in total. The normalized spacial score (nSPS) is 37.2. The van der Waals surface area contributed by atoms with Gasteiger partial charge in [0.15, 0.2) is 0 Å². The standard InChI is InChI=1S/C17H30N2/c1-5-17(3,4)15-7-6-14(11-18)16(10-15)19-9-8-13(2)12-19/h13-16H,5-10,12H2,1-4H3. The second kappa shape index (κ2) is 5.83. The smallest absolute Gasteiger partial charge is 0.0672 e. The van der Waals surface area contributed by atoms with Crippen LogP contribution in [-0.4, -0.2) is 24.0 Å². The summed E-state index contributed by atoms with van der Waals surface area (Å²) in [5.41, 5.74) is 0.435. The van der Waals surface area contributed by atoms with Crippen molar-refractivity contribution < 1.29 is 0 Å². The minimum absolute atomic E-state index is 0.272. The summed E-state index contributed by atoms with van der Waals surface area (Å²) >= 11 is 0. The van der Waals surface area contributed by atoms with Crippen LogP contribution in [0.4, 0.5) is 0 Å². The highest BCUT2D eigenvalue weighted by atomic mass is 15.2. The molecular formula is C17H30N2. The number of hydrogen-bond acceptors (Lipinski definition) is 2. The molecule has 19 heavy (non-hydrogen) atoms. The van der Waals surface area contributed by atoms with Crippen molar-refractivity contribution in [2.24, 2.45) is 23.2 Å². The molecule has 2 aliphatic rings. The monoisotopic (exact) mass is 262 g/mol. The third-order valence-corrected chi connectivity index (χ3v) is 5.92. The van der Waals surface area contributed by atoms with Gasteiger partial charge in [0.25, 0.3) is 0 Å². The fourth-order valence-corrected chi connectivity index (χ4v) is 3.97. The Morgan fingerprint density at radius 3 is 2.53 bits per heavy atom. The van der Waals surface area contributed by atoms with E-state index in [1.165, 1.54) is 38.8 Å². The Morgan fingerprint density at radius 2 is 2.00 bits per heavy atom. The Kier molecular flexibility index (Phi) is 4.56. The Hall–Kier alpha value is -0.550. The molecular weight excluding hydrogens is 232 g/mol. The van der Waals surface area contributed by atoms with E-state index in [9.17, 15) is 5.26 Å². The average Bonchev–Trinajstić information content (AvgIpc) is 2.84. The molecule has 0 aromatic rings. The predicted octanol–water partition coefficient (Wildman–Crippen LogP) is 4.07. The topological polar surface area (TPSA) is 27.0 Å². The van der Waals surface area contributed by atoms with Crippen molar-refractivity contribution in [1.29, 1.82) is 5.26 Å². The zero-order valence-corrected chi connectivity index (χ0v) is 13.2. The highest BCUT2D eigenvalue weighted by molar-refractivity contribution is 5.00. The summed E-state index contributed by atoms with van der Waals surface area (Å²) in [6.45, 7) is 11.9. The van der Waals surface area contributed by atoms with Crippen molar-refractivity contribution in [3.05, 3.63) is 0 Å². The molecule has 2 rings (SSSR count). The maximum absolute atomic E-state index is 9.46. The molecule has 4 unspecified atom stereocenters. The first-order chi connectivity index (χ1) is 8.97. The lowest BCUT2D eigenvalue weighted by Crippen LogP contribution is -2.45. The van der Waals surface area contributed by atoms with Gasteiger partial charge in [-0.05, 0) is 49.5 Å². The zero-order valence-electron chi connectivity index (χ0n) is 13.2. The van der Waals surface area contributed by atoms with Crippen LogP contribution in [0, 0.1) is 34.5 Å². The summed E-state index contributed by atoms with van der Waals surface area (Å²) in [7, 11) is 0. The Balaban J connectivity index is 2.07. The molecule has 2 nitrogen and oxygen atoms in total. The van der Waals surface area contributed by atoms with Crippen LogP contribution in [0.1, 0.15) is 59.8 Å². The quantitative estimate of drug-likeness (QED) is 0.766. The summed E-state index contributed by atoms with van der Waals surface area (Å²) in [5, 5.41) is 9.46. The molecule has 108 valence electrons. The Bertz CT molecular complexity index is 342. The number of nitriles is 1. The number of likely N-dealkylation sites (tertiary alicyclic amines) is 1. The molecule has 0 spiro atoms. The van der Waals surface area contributed by atoms with E-state index in [1.54, 1.807) is 0 Å². The van der Waals surface area contributed by atoms with E-state index >= 15 is 0 Å². The summed E-state index contributed by atoms with van der Waals surface area (Å²) < 4.78 is 0. The third-order valence-electron chi connectivity index (χ3n) is 5.92. The largest absolute Gasteiger partial charge is 0.299 e. The summed E-state index contributed by atoms with van der Waals surface area (Å²) in [4.78, 5) is 2.62. The van der Waals surface area contributed by atoms with Gasteiger partial charge < -0.3 is 0 Å².